The van der Waals surface area contributed by atoms with E-state index in [0.717, 1.165) is 0 Å². The van der Waals surface area contributed by atoms with Crippen molar-refractivity contribution in [1.29, 1.82) is 0 Å². The van der Waals surface area contributed by atoms with E-state index in [9.17, 15) is 34.8 Å². The van der Waals surface area contributed by atoms with Gasteiger partial charge in [0.25, 0.3) is 5.91 Å². The number of Topliss-reactive ketones (excluding diaryl/α,β-unsaturated/α-hetero) is 2. The number of carbonyl (C=O) groups is 3. The zero-order valence-electron chi connectivity index (χ0n) is 21.3. The molecule has 0 spiro atoms. The van der Waals surface area contributed by atoms with Crippen LogP contribution < -0.4 is 11.1 Å². The maximum absolute atomic E-state index is 15.1. The maximum atomic E-state index is 15.1. The van der Waals surface area contributed by atoms with Gasteiger partial charge in [0.15, 0.2) is 23.0 Å². The summed E-state index contributed by atoms with van der Waals surface area (Å²) in [5, 5.41) is 47.4. The van der Waals surface area contributed by atoms with E-state index in [1.807, 2.05) is 20.8 Å². The van der Waals surface area contributed by atoms with Gasteiger partial charge in [0.1, 0.15) is 17.1 Å². The molecule has 3 aliphatic carbocycles. The number of aliphatic hydroxyl groups excluding tert-OH is 2. The van der Waals surface area contributed by atoms with Gasteiger partial charge in [-0.15, -0.1) is 0 Å². The van der Waals surface area contributed by atoms with Gasteiger partial charge in [-0.1, -0.05) is 6.07 Å². The fraction of sp³-hybridized carbons (Fsp3) is 0.500. The summed E-state index contributed by atoms with van der Waals surface area (Å²) in [7, 11) is 3.12. The second-order valence-electron chi connectivity index (χ2n) is 11.3. The highest BCUT2D eigenvalue weighted by atomic mass is 19.1. The summed E-state index contributed by atoms with van der Waals surface area (Å²) in [6.45, 7) is 5.79. The first-order chi connectivity index (χ1) is 17.0. The molecule has 0 saturated carbocycles. The molecule has 0 unspecified atom stereocenters. The molecule has 1 aromatic rings. The van der Waals surface area contributed by atoms with E-state index < -0.39 is 69.6 Å². The predicted molar refractivity (Wildman–Crippen MR) is 130 cm³/mol. The molecule has 0 aliphatic heterocycles. The van der Waals surface area contributed by atoms with E-state index in [1.54, 1.807) is 14.1 Å². The Kier molecular flexibility index (Phi) is 6.25. The van der Waals surface area contributed by atoms with Gasteiger partial charge in [-0.2, -0.15) is 0 Å². The highest BCUT2D eigenvalue weighted by Gasteiger charge is 2.63. The summed E-state index contributed by atoms with van der Waals surface area (Å²) < 4.78 is 15.1. The quantitative estimate of drug-likeness (QED) is 0.320. The van der Waals surface area contributed by atoms with E-state index in [4.69, 9.17) is 5.73 Å². The molecule has 37 heavy (non-hydrogen) atoms. The lowest BCUT2D eigenvalue weighted by atomic mass is 9.58. The van der Waals surface area contributed by atoms with Crippen molar-refractivity contribution < 1.29 is 39.2 Å². The van der Waals surface area contributed by atoms with Gasteiger partial charge in [0.05, 0.1) is 11.6 Å². The van der Waals surface area contributed by atoms with Crippen molar-refractivity contribution in [3.63, 3.8) is 0 Å². The summed E-state index contributed by atoms with van der Waals surface area (Å²) in [5.74, 6) is -8.83. The summed E-state index contributed by atoms with van der Waals surface area (Å²) in [4.78, 5) is 40.3. The molecule has 7 N–H and O–H groups in total. The summed E-state index contributed by atoms with van der Waals surface area (Å²) in [6, 6.07) is 0.423. The first-order valence-corrected chi connectivity index (χ1v) is 11.9. The lowest BCUT2D eigenvalue weighted by molar-refractivity contribution is -0.148. The second kappa shape index (κ2) is 8.64. The number of hydrogen-bond acceptors (Lipinski definition) is 9. The number of rotatable bonds is 4. The molecule has 10 nitrogen and oxygen atoms in total. The third-order valence-electron chi connectivity index (χ3n) is 7.54. The number of carbonyl (C=O) groups excluding carboxylic acids is 3. The number of nitrogens with one attached hydrogen (secondary N) is 1. The highest BCUT2D eigenvalue weighted by molar-refractivity contribution is 6.24. The Bertz CT molecular complexity index is 1290. The van der Waals surface area contributed by atoms with Crippen LogP contribution in [0.3, 0.4) is 0 Å². The van der Waals surface area contributed by atoms with Gasteiger partial charge in [-0.25, -0.2) is 4.39 Å². The molecule has 0 fully saturated rings. The lowest BCUT2D eigenvalue weighted by Crippen LogP contribution is -2.63. The molecule has 3 aliphatic rings. The van der Waals surface area contributed by atoms with Crippen molar-refractivity contribution in [2.75, 3.05) is 14.1 Å². The average molecular weight is 518 g/mol. The lowest BCUT2D eigenvalue weighted by Gasteiger charge is -2.50. The van der Waals surface area contributed by atoms with Crippen molar-refractivity contribution in [3.8, 4) is 5.75 Å². The Morgan fingerprint density at radius 1 is 1.24 bits per heavy atom. The number of likely N-dealkylation sites (N-methyl/N-ethyl adjacent to an activating group) is 1. The number of aliphatic hydroxyl groups is 3. The van der Waals surface area contributed by atoms with Crippen LogP contribution >= 0.6 is 0 Å². The first-order valence-electron chi connectivity index (χ1n) is 11.9. The van der Waals surface area contributed by atoms with E-state index in [1.165, 1.54) is 11.0 Å². The molecule has 4 rings (SSSR count). The van der Waals surface area contributed by atoms with Crippen LogP contribution in [0.15, 0.2) is 28.7 Å². The number of hydrogen-bond donors (Lipinski definition) is 6. The molecule has 1 amide bonds. The smallest absolute Gasteiger partial charge is 0.255 e. The van der Waals surface area contributed by atoms with Crippen LogP contribution in [0, 0.1) is 17.7 Å². The molecule has 4 atom stereocenters. The van der Waals surface area contributed by atoms with Crippen molar-refractivity contribution in [3.05, 3.63) is 51.2 Å². The number of nitrogens with two attached hydrogens (primary N) is 1. The minimum absolute atomic E-state index is 0.0283. The molecule has 200 valence electrons. The van der Waals surface area contributed by atoms with Crippen molar-refractivity contribution in [2.45, 2.75) is 57.3 Å². The number of ketones is 2. The number of nitrogens with zero attached hydrogens (tertiary/aromatic N) is 1. The van der Waals surface area contributed by atoms with E-state index in [-0.39, 0.29) is 41.6 Å². The number of primary amides is 1. The Labute approximate surface area is 213 Å². The zero-order valence-corrected chi connectivity index (χ0v) is 21.3. The maximum Gasteiger partial charge on any atom is 0.255 e. The van der Waals surface area contributed by atoms with Crippen LogP contribution in [0.2, 0.25) is 0 Å². The van der Waals surface area contributed by atoms with E-state index in [2.05, 4.69) is 5.32 Å². The van der Waals surface area contributed by atoms with Crippen molar-refractivity contribution in [2.24, 2.45) is 17.6 Å². The van der Waals surface area contributed by atoms with Crippen LogP contribution in [0.1, 0.15) is 48.7 Å². The fourth-order valence-electron chi connectivity index (χ4n) is 5.83. The average Bonchev–Trinajstić information content (AvgIpc) is 2.76. The standard InChI is InChI=1S/C26H32FN3O7/c1-25(2,3)29-9-12-7-10-6-11-8-13-18(30(4)5)21(33)16(24(28)36)23(35)26(13,37)22(34)15(11)19(31)14(10)20(32)17(12)27/h7,11,13,18,29,32-34,37H,6,8-9H2,1-5H3,(H2,28,36)/t11-,13-,18-,26-/m0/s1. The van der Waals surface area contributed by atoms with Crippen LogP contribution in [0.5, 0.6) is 5.75 Å². The zero-order chi connectivity index (χ0) is 27.8. The molecule has 0 bridgehead atoms. The number of aromatic hydroxyl groups is 1. The second-order valence-corrected chi connectivity index (χ2v) is 11.3. The minimum atomic E-state index is -2.73. The van der Waals surface area contributed by atoms with Crippen LogP contribution in [0.4, 0.5) is 4.39 Å². The summed E-state index contributed by atoms with van der Waals surface area (Å²) >= 11 is 0. The van der Waals surface area contributed by atoms with Crippen LogP contribution in [0.25, 0.3) is 0 Å². The van der Waals surface area contributed by atoms with Crippen LogP contribution in [-0.4, -0.2) is 74.1 Å². The number of amides is 1. The van der Waals surface area contributed by atoms with E-state index in [0.29, 0.717) is 5.56 Å². The number of allylic oxidation sites excluding steroid dienone is 1. The summed E-state index contributed by atoms with van der Waals surface area (Å²) in [6.07, 6.45) is 0.0738. The van der Waals surface area contributed by atoms with Gasteiger partial charge in [-0.3, -0.25) is 19.3 Å². The summed E-state index contributed by atoms with van der Waals surface area (Å²) in [5.41, 5.74) is 1.22. The SMILES string of the molecule is CN(C)[C@@H]1C(O)=C(C(N)=O)C(=O)[C@@]2(O)C(O)=C3C(=O)c4c(cc(CNC(C)(C)C)c(F)c4O)C[C@H]3C[C@@H]12. The van der Waals surface area contributed by atoms with Gasteiger partial charge >= 0.3 is 0 Å². The molecule has 0 heterocycles. The molecule has 1 aromatic carbocycles. The Balaban J connectivity index is 1.88. The fourth-order valence-corrected chi connectivity index (χ4v) is 5.83. The highest BCUT2D eigenvalue weighted by Crippen LogP contribution is 2.52. The van der Waals surface area contributed by atoms with Crippen LogP contribution in [-0.2, 0) is 22.6 Å². The largest absolute Gasteiger partial charge is 0.510 e. The van der Waals surface area contributed by atoms with Gasteiger partial charge in [0, 0.05) is 29.1 Å². The first kappa shape index (κ1) is 26.8. The van der Waals surface area contributed by atoms with Crippen molar-refractivity contribution in [1.82, 2.24) is 10.2 Å². The third kappa shape index (κ3) is 3.92. The Morgan fingerprint density at radius 3 is 2.41 bits per heavy atom. The third-order valence-corrected chi connectivity index (χ3v) is 7.54. The Hall–Kier alpha value is -3.28. The molecule has 0 radical (unpaired) electrons. The van der Waals surface area contributed by atoms with Gasteiger partial charge < -0.3 is 31.5 Å². The number of benzene rings is 1. The molecule has 11 heteroatoms. The van der Waals surface area contributed by atoms with E-state index >= 15 is 4.39 Å². The number of fused-ring (bicyclic) bond motifs is 3. The monoisotopic (exact) mass is 517 g/mol. The van der Waals surface area contributed by atoms with Gasteiger partial charge in [0.2, 0.25) is 5.78 Å². The number of phenolic OH excluding ortho intramolecular Hbond substituents is 1. The number of halogens is 1. The normalized spacial score (nSPS) is 27.8. The molecule has 0 aromatic heterocycles. The molecular formula is C26H32FN3O7. The Morgan fingerprint density at radius 2 is 1.86 bits per heavy atom. The predicted octanol–water partition coefficient (Wildman–Crippen LogP) is 1.15. The van der Waals surface area contributed by atoms with Crippen molar-refractivity contribution >= 4 is 17.5 Å². The minimum Gasteiger partial charge on any atom is -0.510 e. The van der Waals surface area contributed by atoms with Gasteiger partial charge in [-0.05, 0) is 59.2 Å². The number of phenols is 1. The molecular weight excluding hydrogens is 485 g/mol. The molecule has 0 saturated heterocycles. The topological polar surface area (TPSA) is 173 Å².